The number of nitrogens with zero attached hydrogens (tertiary/aromatic N) is 2. The Labute approximate surface area is 150 Å². The zero-order chi connectivity index (χ0) is 17.5. The van der Waals surface area contributed by atoms with Crippen LogP contribution in [0.1, 0.15) is 30.7 Å². The van der Waals surface area contributed by atoms with E-state index in [1.165, 1.54) is 10.4 Å². The number of morpholine rings is 1. The molecule has 0 radical (unpaired) electrons. The maximum atomic E-state index is 12.4. The lowest BCUT2D eigenvalue weighted by molar-refractivity contribution is 0.0127. The van der Waals surface area contributed by atoms with Crippen molar-refractivity contribution in [2.24, 2.45) is 5.92 Å². The lowest BCUT2D eigenvalue weighted by Crippen LogP contribution is -2.50. The summed E-state index contributed by atoms with van der Waals surface area (Å²) in [5.74, 6) is 0.612. The number of thiophene rings is 1. The highest BCUT2D eigenvalue weighted by atomic mass is 32.1. The summed E-state index contributed by atoms with van der Waals surface area (Å²) in [6, 6.07) is 2.49. The minimum atomic E-state index is 0.00446. The molecule has 6 heteroatoms. The first-order valence-electron chi connectivity index (χ1n) is 8.81. The van der Waals surface area contributed by atoms with Crippen LogP contribution in [0, 0.1) is 12.8 Å². The first-order chi connectivity index (χ1) is 11.5. The summed E-state index contributed by atoms with van der Waals surface area (Å²) in [5, 5.41) is 5.20. The average molecular weight is 354 g/mol. The number of carbonyl (C=O) groups excluding carboxylic acids is 1. The van der Waals surface area contributed by atoms with Gasteiger partial charge in [-0.25, -0.2) is 4.79 Å². The molecule has 1 unspecified atom stereocenters. The summed E-state index contributed by atoms with van der Waals surface area (Å²) in [7, 11) is 1.86. The van der Waals surface area contributed by atoms with Gasteiger partial charge in [0.05, 0.1) is 19.8 Å². The maximum Gasteiger partial charge on any atom is 0.317 e. The van der Waals surface area contributed by atoms with Crippen molar-refractivity contribution in [1.82, 2.24) is 15.1 Å². The summed E-state index contributed by atoms with van der Waals surface area (Å²) in [5.41, 5.74) is 1.26. The zero-order valence-corrected chi connectivity index (χ0v) is 16.2. The van der Waals surface area contributed by atoms with E-state index in [-0.39, 0.29) is 6.03 Å². The third kappa shape index (κ3) is 5.76. The summed E-state index contributed by atoms with van der Waals surface area (Å²) >= 11 is 1.71. The lowest BCUT2D eigenvalue weighted by Gasteiger charge is -2.35. The van der Waals surface area contributed by atoms with Gasteiger partial charge in [0, 0.05) is 37.6 Å². The lowest BCUT2D eigenvalue weighted by atomic mass is 10.0. The van der Waals surface area contributed by atoms with Gasteiger partial charge < -0.3 is 15.0 Å². The molecular weight excluding hydrogens is 322 g/mol. The fraction of sp³-hybridized carbons (Fsp3) is 0.722. The molecule has 2 amide bonds. The van der Waals surface area contributed by atoms with E-state index in [1.54, 1.807) is 16.2 Å². The summed E-state index contributed by atoms with van der Waals surface area (Å²) in [4.78, 5) is 17.9. The molecule has 1 N–H and O–H groups in total. The molecule has 136 valence electrons. The highest BCUT2D eigenvalue weighted by molar-refractivity contribution is 7.10. The predicted molar refractivity (Wildman–Crippen MR) is 99.6 cm³/mol. The highest BCUT2D eigenvalue weighted by Gasteiger charge is 2.23. The monoisotopic (exact) mass is 353 g/mol. The Morgan fingerprint density at radius 2 is 2.12 bits per heavy atom. The first-order valence-corrected chi connectivity index (χ1v) is 9.69. The third-order valence-electron chi connectivity index (χ3n) is 4.49. The van der Waals surface area contributed by atoms with Crippen molar-refractivity contribution in [2.45, 2.75) is 39.8 Å². The van der Waals surface area contributed by atoms with Crippen molar-refractivity contribution in [3.05, 3.63) is 21.9 Å². The number of nitrogens with one attached hydrogen (secondary N) is 1. The topological polar surface area (TPSA) is 44.8 Å². The van der Waals surface area contributed by atoms with E-state index in [0.717, 1.165) is 32.7 Å². The number of aryl methyl sites for hydroxylation is 1. The molecule has 1 atom stereocenters. The van der Waals surface area contributed by atoms with Crippen LogP contribution >= 0.6 is 11.3 Å². The quantitative estimate of drug-likeness (QED) is 0.820. The smallest absolute Gasteiger partial charge is 0.317 e. The molecule has 0 aromatic carbocycles. The molecule has 2 rings (SSSR count). The number of carbonyl (C=O) groups is 1. The molecular formula is C18H31N3O2S. The second kappa shape index (κ2) is 9.39. The number of amides is 2. The van der Waals surface area contributed by atoms with Gasteiger partial charge in [0.2, 0.25) is 0 Å². The second-order valence-electron chi connectivity index (χ2n) is 7.00. The van der Waals surface area contributed by atoms with Crippen LogP contribution in [0.3, 0.4) is 0 Å². The van der Waals surface area contributed by atoms with Gasteiger partial charge in [0.25, 0.3) is 0 Å². The fourth-order valence-corrected chi connectivity index (χ4v) is 4.00. The minimum absolute atomic E-state index is 0.00446. The molecule has 1 aliphatic rings. The summed E-state index contributed by atoms with van der Waals surface area (Å²) < 4.78 is 5.45. The van der Waals surface area contributed by atoms with E-state index in [2.05, 4.69) is 42.4 Å². The van der Waals surface area contributed by atoms with Gasteiger partial charge in [-0.05, 0) is 36.3 Å². The number of hydrogen-bond donors (Lipinski definition) is 1. The Kier molecular flexibility index (Phi) is 7.52. The van der Waals surface area contributed by atoms with Crippen LogP contribution < -0.4 is 5.32 Å². The Morgan fingerprint density at radius 1 is 1.42 bits per heavy atom. The number of urea groups is 1. The van der Waals surface area contributed by atoms with Gasteiger partial charge in [-0.1, -0.05) is 13.8 Å². The van der Waals surface area contributed by atoms with Crippen LogP contribution in [0.4, 0.5) is 4.79 Å². The van der Waals surface area contributed by atoms with Crippen LogP contribution in [-0.2, 0) is 11.3 Å². The standard InChI is InChI=1S/C18H31N3O2S/c1-14(2)11-16(21-6-8-23-9-7-21)12-19-18(22)20(4)13-17-15(3)5-10-24-17/h5,10,14,16H,6-9,11-13H2,1-4H3,(H,19,22). The molecule has 0 aliphatic carbocycles. The largest absolute Gasteiger partial charge is 0.379 e. The minimum Gasteiger partial charge on any atom is -0.379 e. The molecule has 5 nitrogen and oxygen atoms in total. The van der Waals surface area contributed by atoms with Crippen molar-refractivity contribution in [1.29, 1.82) is 0 Å². The molecule has 24 heavy (non-hydrogen) atoms. The molecule has 1 aliphatic heterocycles. The van der Waals surface area contributed by atoms with Gasteiger partial charge in [-0.15, -0.1) is 11.3 Å². The molecule has 1 fully saturated rings. The first kappa shape index (κ1) is 19.2. The third-order valence-corrected chi connectivity index (χ3v) is 5.50. The molecule has 1 aromatic heterocycles. The predicted octanol–water partition coefficient (Wildman–Crippen LogP) is 2.94. The van der Waals surface area contributed by atoms with Crippen LogP contribution in [0.15, 0.2) is 11.4 Å². The Bertz CT molecular complexity index is 512. The molecule has 1 aromatic rings. The Balaban J connectivity index is 1.85. The van der Waals surface area contributed by atoms with E-state index < -0.39 is 0 Å². The number of rotatable bonds is 7. The summed E-state index contributed by atoms with van der Waals surface area (Å²) in [6.07, 6.45) is 1.09. The van der Waals surface area contributed by atoms with Crippen molar-refractivity contribution in [3.8, 4) is 0 Å². The van der Waals surface area contributed by atoms with Crippen LogP contribution in [0.25, 0.3) is 0 Å². The van der Waals surface area contributed by atoms with Gasteiger partial charge in [0.1, 0.15) is 0 Å². The molecule has 0 bridgehead atoms. The van der Waals surface area contributed by atoms with Crippen molar-refractivity contribution in [3.63, 3.8) is 0 Å². The van der Waals surface area contributed by atoms with Crippen molar-refractivity contribution >= 4 is 17.4 Å². The van der Waals surface area contributed by atoms with E-state index in [1.807, 2.05) is 7.05 Å². The van der Waals surface area contributed by atoms with Crippen LogP contribution in [-0.4, -0.2) is 61.8 Å². The van der Waals surface area contributed by atoms with Gasteiger partial charge in [0.15, 0.2) is 0 Å². The number of ether oxygens (including phenoxy) is 1. The summed E-state index contributed by atoms with van der Waals surface area (Å²) in [6.45, 7) is 11.4. The van der Waals surface area contributed by atoms with Gasteiger partial charge in [-0.2, -0.15) is 0 Å². The van der Waals surface area contributed by atoms with Crippen molar-refractivity contribution in [2.75, 3.05) is 39.9 Å². The SMILES string of the molecule is Cc1ccsc1CN(C)C(=O)NCC(CC(C)C)N1CCOCC1. The normalized spacial score (nSPS) is 17.0. The van der Waals surface area contributed by atoms with E-state index in [0.29, 0.717) is 25.0 Å². The Morgan fingerprint density at radius 3 is 2.71 bits per heavy atom. The second-order valence-corrected chi connectivity index (χ2v) is 8.00. The fourth-order valence-electron chi connectivity index (χ4n) is 3.04. The van der Waals surface area contributed by atoms with E-state index in [4.69, 9.17) is 4.74 Å². The average Bonchev–Trinajstić information content (AvgIpc) is 2.96. The van der Waals surface area contributed by atoms with E-state index in [9.17, 15) is 4.79 Å². The van der Waals surface area contributed by atoms with Crippen LogP contribution in [0.5, 0.6) is 0 Å². The van der Waals surface area contributed by atoms with Gasteiger partial charge in [-0.3, -0.25) is 4.90 Å². The number of hydrogen-bond acceptors (Lipinski definition) is 4. The van der Waals surface area contributed by atoms with Crippen LogP contribution in [0.2, 0.25) is 0 Å². The highest BCUT2D eigenvalue weighted by Crippen LogP contribution is 2.17. The maximum absolute atomic E-state index is 12.4. The van der Waals surface area contributed by atoms with Crippen molar-refractivity contribution < 1.29 is 9.53 Å². The molecule has 0 spiro atoms. The van der Waals surface area contributed by atoms with Gasteiger partial charge >= 0.3 is 6.03 Å². The molecule has 0 saturated carbocycles. The van der Waals surface area contributed by atoms with E-state index >= 15 is 0 Å². The molecule has 2 heterocycles. The Hall–Kier alpha value is -1.11. The molecule has 1 saturated heterocycles. The zero-order valence-electron chi connectivity index (χ0n) is 15.4.